The quantitative estimate of drug-likeness (QED) is 0.756. The minimum absolute atomic E-state index is 0.0957. The topological polar surface area (TPSA) is 86.2 Å². The van der Waals surface area contributed by atoms with Gasteiger partial charge in [0.1, 0.15) is 0 Å². The smallest absolute Gasteiger partial charge is 0.217 e. The van der Waals surface area contributed by atoms with Crippen molar-refractivity contribution < 1.29 is 9.59 Å². The molecule has 0 aliphatic carbocycles. The van der Waals surface area contributed by atoms with Crippen LogP contribution in [0.1, 0.15) is 21.5 Å². The summed E-state index contributed by atoms with van der Waals surface area (Å²) in [6.07, 6.45) is 2.65. The molecule has 0 fully saturated rings. The van der Waals surface area contributed by atoms with Crippen molar-refractivity contribution in [1.29, 1.82) is 0 Å². The second-order valence-corrected chi connectivity index (χ2v) is 5.29. The van der Waals surface area contributed by atoms with Crippen LogP contribution < -0.4 is 11.5 Å². The minimum Gasteiger partial charge on any atom is -0.321 e. The molecule has 4 nitrogen and oxygen atoms in total. The molecule has 0 aliphatic rings. The Kier molecular flexibility index (Phi) is 5.58. The minimum atomic E-state index is -0.637. The van der Waals surface area contributed by atoms with E-state index < -0.39 is 12.1 Å². The van der Waals surface area contributed by atoms with Crippen molar-refractivity contribution >= 4 is 12.1 Å². The number of ketones is 1. The van der Waals surface area contributed by atoms with Gasteiger partial charge in [-0.05, 0) is 24.0 Å². The van der Waals surface area contributed by atoms with Gasteiger partial charge in [-0.1, -0.05) is 54.6 Å². The Hall–Kier alpha value is -2.30. The highest BCUT2D eigenvalue weighted by Crippen LogP contribution is 2.10. The molecule has 0 saturated heterocycles. The van der Waals surface area contributed by atoms with Gasteiger partial charge in [0.25, 0.3) is 0 Å². The number of carbonyl (C=O) groups is 1. The molecular weight excluding hydrogens is 276 g/mol. The fraction of sp³-hybridized carbons (Fsp3) is 0.222. The molecule has 0 saturated carbocycles. The van der Waals surface area contributed by atoms with E-state index in [1.165, 1.54) is 0 Å². The van der Waals surface area contributed by atoms with Crippen molar-refractivity contribution in [2.24, 2.45) is 11.5 Å². The van der Waals surface area contributed by atoms with Crippen LogP contribution in [0.4, 0.5) is 0 Å². The molecule has 2 aromatic rings. The van der Waals surface area contributed by atoms with Crippen LogP contribution in [0.2, 0.25) is 0 Å². The summed E-state index contributed by atoms with van der Waals surface area (Å²) in [6.45, 7) is 0. The normalized spacial score (nSPS) is 13.4. The van der Waals surface area contributed by atoms with Crippen molar-refractivity contribution in [2.45, 2.75) is 24.9 Å². The maximum atomic E-state index is 12.3. The first-order chi connectivity index (χ1) is 10.6. The van der Waals surface area contributed by atoms with Gasteiger partial charge in [-0.25, -0.2) is 0 Å². The number of hydrogen-bond donors (Lipinski definition) is 2. The summed E-state index contributed by atoms with van der Waals surface area (Å²) in [6, 6.07) is 15.5. The van der Waals surface area contributed by atoms with E-state index >= 15 is 0 Å². The van der Waals surface area contributed by atoms with Crippen molar-refractivity contribution in [3.8, 4) is 0 Å². The van der Waals surface area contributed by atoms with Crippen LogP contribution in [-0.2, 0) is 17.6 Å². The van der Waals surface area contributed by atoms with Gasteiger partial charge in [0.2, 0.25) is 6.29 Å². The Morgan fingerprint density at radius 3 is 2.09 bits per heavy atom. The molecule has 0 heterocycles. The predicted octanol–water partition coefficient (Wildman–Crippen LogP) is 1.42. The van der Waals surface area contributed by atoms with Crippen LogP contribution in [0.25, 0.3) is 0 Å². The van der Waals surface area contributed by atoms with Gasteiger partial charge in [-0.15, -0.1) is 0 Å². The van der Waals surface area contributed by atoms with Crippen molar-refractivity contribution in [3.63, 3.8) is 0 Å². The van der Waals surface area contributed by atoms with E-state index in [1.54, 1.807) is 30.6 Å². The van der Waals surface area contributed by atoms with Gasteiger partial charge < -0.3 is 11.5 Å². The number of nitrogens with two attached hydrogens (primary N) is 2. The molecule has 2 rings (SSSR count). The zero-order chi connectivity index (χ0) is 15.9. The molecule has 4 N–H and O–H groups in total. The fourth-order valence-corrected chi connectivity index (χ4v) is 2.28. The molecule has 2 atom stereocenters. The van der Waals surface area contributed by atoms with Gasteiger partial charge >= 0.3 is 0 Å². The third-order valence-electron chi connectivity index (χ3n) is 3.48. The van der Waals surface area contributed by atoms with E-state index in [0.29, 0.717) is 18.4 Å². The second kappa shape index (κ2) is 7.64. The van der Waals surface area contributed by atoms with Crippen molar-refractivity contribution in [3.05, 3.63) is 71.3 Å². The first-order valence-corrected chi connectivity index (χ1v) is 7.16. The molecule has 0 bridgehead atoms. The average molecular weight is 295 g/mol. The van der Waals surface area contributed by atoms with Gasteiger partial charge in [0, 0.05) is 5.56 Å². The summed E-state index contributed by atoms with van der Waals surface area (Å²) >= 11 is 0. The van der Waals surface area contributed by atoms with Crippen LogP contribution in [-0.4, -0.2) is 24.2 Å². The second-order valence-electron chi connectivity index (χ2n) is 5.29. The molecule has 4 heteroatoms. The zero-order valence-electron chi connectivity index (χ0n) is 12.2. The van der Waals surface area contributed by atoms with E-state index in [2.05, 4.69) is 0 Å². The third kappa shape index (κ3) is 4.35. The molecule has 0 aliphatic heterocycles. The number of hydrogen-bond acceptors (Lipinski definition) is 4. The zero-order valence-corrected chi connectivity index (χ0v) is 12.2. The van der Waals surface area contributed by atoms with E-state index in [-0.39, 0.29) is 5.78 Å². The third-order valence-corrected chi connectivity index (χ3v) is 3.48. The summed E-state index contributed by atoms with van der Waals surface area (Å²) in [4.78, 5) is 22.8. The Labute approximate surface area is 130 Å². The number of rotatable bonds is 7. The lowest BCUT2D eigenvalue weighted by molar-refractivity contribution is 0.0961. The van der Waals surface area contributed by atoms with E-state index in [0.717, 1.165) is 11.1 Å². The lowest BCUT2D eigenvalue weighted by Crippen LogP contribution is -2.32. The molecule has 0 spiro atoms. The highest BCUT2D eigenvalue weighted by atomic mass is 16.1. The number of carbonyl (C=O) groups excluding carboxylic acids is 2. The van der Waals surface area contributed by atoms with Crippen LogP contribution in [0.5, 0.6) is 0 Å². The predicted molar refractivity (Wildman–Crippen MR) is 86.3 cm³/mol. The standard InChI is InChI=1S/C18H19N2O2/c19-16(12-21)10-14-6-8-15(9-7-14)18(22)17(20)11-13-4-2-1-3-5-13/h1-9,16-17H,10-11,19-20H2/t16-,17+/m1/s1. The Morgan fingerprint density at radius 1 is 0.909 bits per heavy atom. The van der Waals surface area contributed by atoms with Gasteiger partial charge in [-0.2, -0.15) is 0 Å². The van der Waals surface area contributed by atoms with Crippen LogP contribution in [0.15, 0.2) is 54.6 Å². The molecule has 0 amide bonds. The Morgan fingerprint density at radius 2 is 1.50 bits per heavy atom. The summed E-state index contributed by atoms with van der Waals surface area (Å²) in [5, 5.41) is 0. The molecular formula is C18H19N2O2. The highest BCUT2D eigenvalue weighted by Gasteiger charge is 2.16. The Bertz CT molecular complexity index is 623. The van der Waals surface area contributed by atoms with Gasteiger partial charge in [-0.3, -0.25) is 9.59 Å². The molecule has 22 heavy (non-hydrogen) atoms. The maximum absolute atomic E-state index is 12.3. The van der Waals surface area contributed by atoms with Gasteiger partial charge in [0.15, 0.2) is 5.78 Å². The summed E-state index contributed by atoms with van der Waals surface area (Å²) < 4.78 is 0. The van der Waals surface area contributed by atoms with E-state index in [1.807, 2.05) is 30.3 Å². The molecule has 2 aromatic carbocycles. The summed E-state index contributed by atoms with van der Waals surface area (Å²) in [5.74, 6) is -0.0957. The maximum Gasteiger partial charge on any atom is 0.217 e. The van der Waals surface area contributed by atoms with E-state index in [9.17, 15) is 9.59 Å². The lowest BCUT2D eigenvalue weighted by Gasteiger charge is -2.11. The van der Waals surface area contributed by atoms with Crippen LogP contribution in [0.3, 0.4) is 0 Å². The van der Waals surface area contributed by atoms with Gasteiger partial charge in [0.05, 0.1) is 12.1 Å². The number of benzene rings is 2. The van der Waals surface area contributed by atoms with Crippen molar-refractivity contribution in [2.75, 3.05) is 0 Å². The molecule has 0 aromatic heterocycles. The molecule has 113 valence electrons. The van der Waals surface area contributed by atoms with Crippen LogP contribution >= 0.6 is 0 Å². The monoisotopic (exact) mass is 295 g/mol. The van der Waals surface area contributed by atoms with E-state index in [4.69, 9.17) is 11.5 Å². The first kappa shape index (κ1) is 16.1. The fourth-order valence-electron chi connectivity index (χ4n) is 2.28. The Balaban J connectivity index is 2.01. The van der Waals surface area contributed by atoms with Crippen molar-refractivity contribution in [1.82, 2.24) is 0 Å². The largest absolute Gasteiger partial charge is 0.321 e. The molecule has 1 radical (unpaired) electrons. The van der Waals surface area contributed by atoms with Crippen LogP contribution in [0, 0.1) is 0 Å². The lowest BCUT2D eigenvalue weighted by atomic mass is 9.97. The SMILES string of the molecule is N[C@@H]([C]=O)Cc1ccc(C(=O)[C@@H](N)Cc2ccccc2)cc1. The summed E-state index contributed by atoms with van der Waals surface area (Å²) in [5.41, 5.74) is 14.0. The average Bonchev–Trinajstić information content (AvgIpc) is 2.55. The summed E-state index contributed by atoms with van der Waals surface area (Å²) in [7, 11) is 0. The first-order valence-electron chi connectivity index (χ1n) is 7.16. The highest BCUT2D eigenvalue weighted by molar-refractivity contribution is 6.00. The number of Topliss-reactive ketones (excluding diaryl/α,β-unsaturated/α-hetero) is 1. The molecule has 0 unspecified atom stereocenters.